The van der Waals surface area contributed by atoms with E-state index in [0.717, 1.165) is 38.3 Å². The molecule has 12 heteroatoms. The highest BCUT2D eigenvalue weighted by Gasteiger charge is 2.25. The maximum atomic E-state index is 14.9. The Hall–Kier alpha value is -3.77. The molecule has 0 radical (unpaired) electrons. The Morgan fingerprint density at radius 2 is 2.05 bits per heavy atom. The highest BCUT2D eigenvalue weighted by molar-refractivity contribution is 6.04. The molecule has 2 fully saturated rings. The third kappa shape index (κ3) is 5.41. The van der Waals surface area contributed by atoms with Crippen LogP contribution < -0.4 is 31.5 Å². The zero-order valence-corrected chi connectivity index (χ0v) is 21.8. The van der Waals surface area contributed by atoms with E-state index in [-0.39, 0.29) is 17.7 Å². The van der Waals surface area contributed by atoms with Crippen LogP contribution in [0.1, 0.15) is 30.4 Å². The van der Waals surface area contributed by atoms with Gasteiger partial charge < -0.3 is 36.5 Å². The molecule has 6 N–H and O–H groups in total. The van der Waals surface area contributed by atoms with Crippen molar-refractivity contribution in [2.24, 2.45) is 11.7 Å². The molecule has 2 saturated heterocycles. The van der Waals surface area contributed by atoms with Gasteiger partial charge >= 0.3 is 0 Å². The molecule has 0 spiro atoms. The fourth-order valence-corrected chi connectivity index (χ4v) is 5.09. The second-order valence-corrected chi connectivity index (χ2v) is 9.83. The third-order valence-electron chi connectivity index (χ3n) is 7.30. The molecule has 2 aromatic heterocycles. The molecule has 2 aliphatic rings. The molecule has 0 bridgehead atoms. The number of aromatic amines is 1. The molecule has 0 saturated carbocycles. The lowest BCUT2D eigenvalue weighted by Crippen LogP contribution is -2.50. The van der Waals surface area contributed by atoms with Crippen LogP contribution in [-0.4, -0.2) is 78.2 Å². The van der Waals surface area contributed by atoms with Crippen LogP contribution in [0, 0.1) is 11.7 Å². The van der Waals surface area contributed by atoms with Crippen molar-refractivity contribution in [2.45, 2.75) is 25.8 Å². The molecule has 202 valence electrons. The van der Waals surface area contributed by atoms with Gasteiger partial charge in [0.2, 0.25) is 5.95 Å². The van der Waals surface area contributed by atoms with E-state index < -0.39 is 5.91 Å². The van der Waals surface area contributed by atoms with Crippen molar-refractivity contribution in [1.82, 2.24) is 25.3 Å². The van der Waals surface area contributed by atoms with Crippen molar-refractivity contribution in [1.29, 1.82) is 0 Å². The number of amides is 1. The van der Waals surface area contributed by atoms with E-state index in [1.54, 1.807) is 25.4 Å². The first-order valence-electron chi connectivity index (χ1n) is 13.1. The smallest absolute Gasteiger partial charge is 0.291 e. The number of piperidine rings is 1. The highest BCUT2D eigenvalue weighted by atomic mass is 19.1. The van der Waals surface area contributed by atoms with Gasteiger partial charge in [-0.05, 0) is 44.4 Å². The van der Waals surface area contributed by atoms with Crippen LogP contribution in [-0.2, 0) is 0 Å². The molecule has 3 aromatic rings. The van der Waals surface area contributed by atoms with Crippen LogP contribution in [0.4, 0.5) is 27.5 Å². The fourth-order valence-electron chi connectivity index (χ4n) is 5.09. The van der Waals surface area contributed by atoms with Crippen LogP contribution in [0.2, 0.25) is 0 Å². The van der Waals surface area contributed by atoms with Crippen molar-refractivity contribution in [3.8, 4) is 11.4 Å². The predicted molar refractivity (Wildman–Crippen MR) is 147 cm³/mol. The minimum Gasteiger partial charge on any atom is -0.367 e. The number of rotatable bonds is 7. The summed E-state index contributed by atoms with van der Waals surface area (Å²) in [6.45, 7) is 6.73. The normalized spacial score (nSPS) is 18.5. The lowest BCUT2D eigenvalue weighted by molar-refractivity contribution is 0.101. The Bertz CT molecular complexity index is 1270. The summed E-state index contributed by atoms with van der Waals surface area (Å²) in [6, 6.07) is 6.89. The largest absolute Gasteiger partial charge is 0.367 e. The Labute approximate surface area is 221 Å². The number of nitrogens with two attached hydrogens (primary N) is 1. The maximum Gasteiger partial charge on any atom is 0.291 e. The summed E-state index contributed by atoms with van der Waals surface area (Å²) in [4.78, 5) is 33.9. The summed E-state index contributed by atoms with van der Waals surface area (Å²) in [5.74, 6) is 1.00. The van der Waals surface area contributed by atoms with Crippen molar-refractivity contribution in [3.05, 3.63) is 42.1 Å². The monoisotopic (exact) mass is 522 g/mol. The molecule has 4 heterocycles. The number of carbonyl (C=O) groups is 1. The number of carbonyl (C=O) groups excluding carboxylic acids is 1. The van der Waals surface area contributed by atoms with E-state index in [9.17, 15) is 9.18 Å². The first kappa shape index (κ1) is 25.9. The maximum absolute atomic E-state index is 14.9. The van der Waals surface area contributed by atoms with Gasteiger partial charge in [-0.1, -0.05) is 6.07 Å². The van der Waals surface area contributed by atoms with E-state index in [0.29, 0.717) is 54.3 Å². The number of anilines is 4. The Morgan fingerprint density at radius 3 is 2.79 bits per heavy atom. The van der Waals surface area contributed by atoms with Crippen molar-refractivity contribution in [3.63, 3.8) is 0 Å². The zero-order chi connectivity index (χ0) is 26.6. The lowest BCUT2D eigenvalue weighted by Gasteiger charge is -2.35. The number of H-pyrrole nitrogens is 1. The molecule has 11 nitrogen and oxygen atoms in total. The summed E-state index contributed by atoms with van der Waals surface area (Å²) in [6.07, 6.45) is 3.36. The number of aromatic nitrogens is 4. The second-order valence-electron chi connectivity index (χ2n) is 9.83. The molecule has 0 aliphatic carbocycles. The van der Waals surface area contributed by atoms with Gasteiger partial charge in [0.05, 0.1) is 29.0 Å². The number of piperazine rings is 1. The van der Waals surface area contributed by atoms with Crippen molar-refractivity contribution in [2.75, 3.05) is 66.7 Å². The summed E-state index contributed by atoms with van der Waals surface area (Å²) in [7, 11) is 1.77. The number of nitrogens with one attached hydrogen (secondary N) is 4. The molecule has 1 amide bonds. The Balaban J connectivity index is 1.36. The van der Waals surface area contributed by atoms with E-state index in [4.69, 9.17) is 5.73 Å². The van der Waals surface area contributed by atoms with Gasteiger partial charge in [-0.2, -0.15) is 4.98 Å². The number of hydrogen-bond acceptors (Lipinski definition) is 9. The van der Waals surface area contributed by atoms with Gasteiger partial charge in [0.1, 0.15) is 11.6 Å². The number of para-hydroxylation sites is 1. The Morgan fingerprint density at radius 1 is 1.24 bits per heavy atom. The van der Waals surface area contributed by atoms with Crippen LogP contribution in [0.25, 0.3) is 11.4 Å². The van der Waals surface area contributed by atoms with Gasteiger partial charge in [-0.3, -0.25) is 4.79 Å². The minimum atomic E-state index is -0.459. The number of nitrogens with zero attached hydrogens (tertiary/aromatic N) is 5. The number of halogens is 1. The first-order valence-corrected chi connectivity index (χ1v) is 13.1. The van der Waals surface area contributed by atoms with Crippen LogP contribution in [0.3, 0.4) is 0 Å². The van der Waals surface area contributed by atoms with Crippen molar-refractivity contribution >= 4 is 29.0 Å². The summed E-state index contributed by atoms with van der Waals surface area (Å²) < 4.78 is 14.9. The fraction of sp³-hybridized carbons (Fsp3) is 0.462. The number of imidazole rings is 1. The van der Waals surface area contributed by atoms with E-state index in [1.807, 2.05) is 11.0 Å². The highest BCUT2D eigenvalue weighted by Crippen LogP contribution is 2.33. The zero-order valence-electron chi connectivity index (χ0n) is 21.8. The molecule has 2 aliphatic heterocycles. The number of hydrogen-bond donors (Lipinski definition) is 5. The van der Waals surface area contributed by atoms with Gasteiger partial charge in [0, 0.05) is 51.9 Å². The summed E-state index contributed by atoms with van der Waals surface area (Å²) >= 11 is 0. The summed E-state index contributed by atoms with van der Waals surface area (Å²) in [5.41, 5.74) is 7.82. The van der Waals surface area contributed by atoms with Gasteiger partial charge in [0.25, 0.3) is 5.91 Å². The lowest BCUT2D eigenvalue weighted by atomic mass is 9.96. The number of benzene rings is 1. The van der Waals surface area contributed by atoms with Gasteiger partial charge in [0.15, 0.2) is 5.82 Å². The average molecular weight is 523 g/mol. The molecule has 1 atom stereocenters. The standard InChI is InChI=1S/C26H35FN10O/c1-16-14-30-8-11-37(16)22-12-20(34-26(29-2)35-22)21-15-31-24(32-21)25(38)33-19-5-3-4-18(27)23(19)36-9-6-17(13-28)7-10-36/h3-5,12,15-17,30H,6-11,13-14,28H2,1-2H3,(H,31,32)(H,33,38)(H,29,34,35). The molecule has 1 unspecified atom stereocenters. The van der Waals surface area contributed by atoms with Gasteiger partial charge in [-0.25, -0.2) is 14.4 Å². The predicted octanol–water partition coefficient (Wildman–Crippen LogP) is 2.27. The first-order chi connectivity index (χ1) is 18.5. The molecular weight excluding hydrogens is 487 g/mol. The van der Waals surface area contributed by atoms with Crippen LogP contribution in [0.15, 0.2) is 30.5 Å². The van der Waals surface area contributed by atoms with Crippen LogP contribution in [0.5, 0.6) is 0 Å². The molecule has 5 rings (SSSR count). The molecular formula is C26H35FN10O. The third-order valence-corrected chi connectivity index (χ3v) is 7.30. The molecule has 38 heavy (non-hydrogen) atoms. The van der Waals surface area contributed by atoms with E-state index >= 15 is 0 Å². The van der Waals surface area contributed by atoms with E-state index in [1.165, 1.54) is 6.07 Å². The quantitative estimate of drug-likeness (QED) is 0.316. The Kier molecular flexibility index (Phi) is 7.70. The minimum absolute atomic E-state index is 0.110. The van der Waals surface area contributed by atoms with E-state index in [2.05, 4.69) is 47.7 Å². The SMILES string of the molecule is CNc1nc(-c2cnc(C(=O)Nc3cccc(F)c3N3CCC(CN)CC3)[nH]2)cc(N2CCNCC2C)n1. The topological polar surface area (TPSA) is 140 Å². The average Bonchev–Trinajstić information content (AvgIpc) is 3.44. The van der Waals surface area contributed by atoms with Crippen molar-refractivity contribution < 1.29 is 9.18 Å². The second kappa shape index (κ2) is 11.3. The van der Waals surface area contributed by atoms with Crippen LogP contribution >= 0.6 is 0 Å². The molecule has 1 aromatic carbocycles. The summed E-state index contributed by atoms with van der Waals surface area (Å²) in [5, 5.41) is 9.25. The van der Waals surface area contributed by atoms with Gasteiger partial charge in [-0.15, -0.1) is 0 Å².